The van der Waals surface area contributed by atoms with Gasteiger partial charge in [0.15, 0.2) is 0 Å². The van der Waals surface area contributed by atoms with Crippen LogP contribution in [0, 0.1) is 10.1 Å². The third-order valence-corrected chi connectivity index (χ3v) is 4.67. The number of carbonyl (C=O) groups is 2. The normalized spacial score (nSPS) is 13.5. The number of rotatable bonds is 7. The zero-order chi connectivity index (χ0) is 20.1. The van der Waals surface area contributed by atoms with Gasteiger partial charge in [-0.15, -0.1) is 0 Å². The van der Waals surface area contributed by atoms with E-state index >= 15 is 0 Å². The van der Waals surface area contributed by atoms with Crippen LogP contribution in [0.5, 0.6) is 0 Å². The molecule has 28 heavy (non-hydrogen) atoms. The molecule has 2 aromatic rings. The lowest BCUT2D eigenvalue weighted by molar-refractivity contribution is -0.384. The van der Waals surface area contributed by atoms with Gasteiger partial charge in [0.05, 0.1) is 17.6 Å². The summed E-state index contributed by atoms with van der Waals surface area (Å²) in [4.78, 5) is 35.9. The molecule has 8 heteroatoms. The molecule has 0 aromatic heterocycles. The van der Waals surface area contributed by atoms with E-state index in [1.807, 2.05) is 29.2 Å². The number of non-ortho nitro benzene ring substituents is 1. The number of ether oxygens (including phenoxy) is 1. The number of amides is 1. The van der Waals surface area contributed by atoms with Gasteiger partial charge in [-0.2, -0.15) is 0 Å². The van der Waals surface area contributed by atoms with Crippen LogP contribution in [0.1, 0.15) is 34.3 Å². The van der Waals surface area contributed by atoms with Gasteiger partial charge in [-0.05, 0) is 23.6 Å². The SMILES string of the molecule is COC(=O)c1cc([N+](=O)[O-])ccc1NCc1ccc(CN2CCCC2=O)cc1. The Morgan fingerprint density at radius 2 is 1.93 bits per heavy atom. The van der Waals surface area contributed by atoms with E-state index in [-0.39, 0.29) is 17.2 Å². The summed E-state index contributed by atoms with van der Waals surface area (Å²) >= 11 is 0. The second-order valence-electron chi connectivity index (χ2n) is 6.57. The smallest absolute Gasteiger partial charge is 0.340 e. The Hall–Kier alpha value is -3.42. The van der Waals surface area contributed by atoms with Crippen molar-refractivity contribution in [3.8, 4) is 0 Å². The first-order valence-corrected chi connectivity index (χ1v) is 8.94. The highest BCUT2D eigenvalue weighted by Gasteiger charge is 2.20. The average Bonchev–Trinajstić information content (AvgIpc) is 3.11. The highest BCUT2D eigenvalue weighted by atomic mass is 16.6. The summed E-state index contributed by atoms with van der Waals surface area (Å²) in [6.45, 7) is 1.85. The van der Waals surface area contributed by atoms with Gasteiger partial charge in [-0.1, -0.05) is 24.3 Å². The van der Waals surface area contributed by atoms with Crippen LogP contribution in [-0.2, 0) is 22.6 Å². The number of hydrogen-bond acceptors (Lipinski definition) is 6. The van der Waals surface area contributed by atoms with Crippen molar-refractivity contribution in [2.45, 2.75) is 25.9 Å². The quantitative estimate of drug-likeness (QED) is 0.448. The number of benzene rings is 2. The molecule has 0 aliphatic carbocycles. The fraction of sp³-hybridized carbons (Fsp3) is 0.300. The van der Waals surface area contributed by atoms with E-state index in [1.54, 1.807) is 0 Å². The molecule has 8 nitrogen and oxygen atoms in total. The molecule has 0 radical (unpaired) electrons. The molecule has 1 aliphatic rings. The van der Waals surface area contributed by atoms with Crippen molar-refractivity contribution >= 4 is 23.3 Å². The van der Waals surface area contributed by atoms with E-state index in [2.05, 4.69) is 5.32 Å². The molecular formula is C20H21N3O5. The highest BCUT2D eigenvalue weighted by Crippen LogP contribution is 2.24. The molecule has 1 amide bonds. The molecule has 146 valence electrons. The summed E-state index contributed by atoms with van der Waals surface area (Å²) < 4.78 is 4.72. The molecule has 1 fully saturated rings. The minimum Gasteiger partial charge on any atom is -0.465 e. The second kappa shape index (κ2) is 8.51. The summed E-state index contributed by atoms with van der Waals surface area (Å²) in [5.41, 5.74) is 2.44. The van der Waals surface area contributed by atoms with E-state index in [4.69, 9.17) is 4.74 Å². The lowest BCUT2D eigenvalue weighted by Gasteiger charge is -2.16. The van der Waals surface area contributed by atoms with Gasteiger partial charge in [0.2, 0.25) is 5.91 Å². The topological polar surface area (TPSA) is 102 Å². The van der Waals surface area contributed by atoms with Crippen molar-refractivity contribution in [1.29, 1.82) is 0 Å². The summed E-state index contributed by atoms with van der Waals surface area (Å²) in [6, 6.07) is 11.9. The minimum absolute atomic E-state index is 0.112. The molecule has 0 bridgehead atoms. The van der Waals surface area contributed by atoms with Crippen LogP contribution in [0.15, 0.2) is 42.5 Å². The van der Waals surface area contributed by atoms with Crippen LogP contribution >= 0.6 is 0 Å². The summed E-state index contributed by atoms with van der Waals surface area (Å²) in [7, 11) is 1.23. The van der Waals surface area contributed by atoms with Crippen molar-refractivity contribution in [3.63, 3.8) is 0 Å². The number of carbonyl (C=O) groups excluding carboxylic acids is 2. The van der Waals surface area contributed by atoms with Gasteiger partial charge in [0.1, 0.15) is 0 Å². The molecule has 3 rings (SSSR count). The highest BCUT2D eigenvalue weighted by molar-refractivity contribution is 5.96. The summed E-state index contributed by atoms with van der Waals surface area (Å²) in [5, 5.41) is 14.1. The van der Waals surface area contributed by atoms with Crippen molar-refractivity contribution in [3.05, 3.63) is 69.3 Å². The van der Waals surface area contributed by atoms with E-state index < -0.39 is 10.9 Å². The monoisotopic (exact) mass is 383 g/mol. The minimum atomic E-state index is -0.642. The Bertz CT molecular complexity index is 895. The number of hydrogen-bond donors (Lipinski definition) is 1. The van der Waals surface area contributed by atoms with E-state index in [0.717, 1.165) is 24.1 Å². The largest absolute Gasteiger partial charge is 0.465 e. The Labute approximate surface area is 162 Å². The lowest BCUT2D eigenvalue weighted by Crippen LogP contribution is -2.23. The Morgan fingerprint density at radius 1 is 1.21 bits per heavy atom. The molecule has 1 N–H and O–H groups in total. The number of nitrogens with one attached hydrogen (secondary N) is 1. The van der Waals surface area contributed by atoms with Crippen molar-refractivity contribution < 1.29 is 19.2 Å². The molecule has 2 aromatic carbocycles. The first kappa shape index (κ1) is 19.3. The maximum atomic E-state index is 11.9. The molecule has 0 atom stereocenters. The number of nitro benzene ring substituents is 1. The van der Waals surface area contributed by atoms with Crippen LogP contribution in [0.25, 0.3) is 0 Å². The number of anilines is 1. The van der Waals surface area contributed by atoms with Crippen LogP contribution in [-0.4, -0.2) is 35.4 Å². The standard InChI is InChI=1S/C20H21N3O5/c1-28-20(25)17-11-16(23(26)27)8-9-18(17)21-12-14-4-6-15(7-5-14)13-22-10-2-3-19(22)24/h4-9,11,21H,2-3,10,12-13H2,1H3. The first-order chi connectivity index (χ1) is 13.5. The first-order valence-electron chi connectivity index (χ1n) is 8.94. The van der Waals surface area contributed by atoms with Gasteiger partial charge in [0, 0.05) is 43.9 Å². The number of esters is 1. The van der Waals surface area contributed by atoms with Gasteiger partial charge >= 0.3 is 5.97 Å². The van der Waals surface area contributed by atoms with Crippen LogP contribution in [0.4, 0.5) is 11.4 Å². The number of nitro groups is 1. The molecular weight excluding hydrogens is 362 g/mol. The third kappa shape index (κ3) is 4.46. The fourth-order valence-electron chi connectivity index (χ4n) is 3.13. The van der Waals surface area contributed by atoms with Gasteiger partial charge in [-0.3, -0.25) is 14.9 Å². The van der Waals surface area contributed by atoms with E-state index in [0.29, 0.717) is 25.2 Å². The average molecular weight is 383 g/mol. The molecule has 1 saturated heterocycles. The zero-order valence-electron chi connectivity index (χ0n) is 15.5. The predicted molar refractivity (Wildman–Crippen MR) is 103 cm³/mol. The van der Waals surface area contributed by atoms with Crippen molar-refractivity contribution in [2.75, 3.05) is 19.0 Å². The Kier molecular flexibility index (Phi) is 5.88. The molecule has 0 unspecified atom stereocenters. The van der Waals surface area contributed by atoms with Crippen LogP contribution < -0.4 is 5.32 Å². The lowest BCUT2D eigenvalue weighted by atomic mass is 10.1. The van der Waals surface area contributed by atoms with Crippen LogP contribution in [0.2, 0.25) is 0 Å². The molecule has 1 heterocycles. The van der Waals surface area contributed by atoms with Gasteiger partial charge < -0.3 is 15.0 Å². The third-order valence-electron chi connectivity index (χ3n) is 4.67. The van der Waals surface area contributed by atoms with Gasteiger partial charge in [0.25, 0.3) is 5.69 Å². The number of likely N-dealkylation sites (tertiary alicyclic amines) is 1. The van der Waals surface area contributed by atoms with Crippen LogP contribution in [0.3, 0.4) is 0 Å². The maximum Gasteiger partial charge on any atom is 0.340 e. The Morgan fingerprint density at radius 3 is 2.54 bits per heavy atom. The van der Waals surface area contributed by atoms with Crippen molar-refractivity contribution in [1.82, 2.24) is 4.90 Å². The molecule has 0 saturated carbocycles. The van der Waals surface area contributed by atoms with E-state index in [1.165, 1.54) is 25.3 Å². The van der Waals surface area contributed by atoms with E-state index in [9.17, 15) is 19.7 Å². The summed E-state index contributed by atoms with van der Waals surface area (Å²) in [5.74, 6) is -0.448. The fourth-order valence-corrected chi connectivity index (χ4v) is 3.13. The van der Waals surface area contributed by atoms with Crippen molar-refractivity contribution in [2.24, 2.45) is 0 Å². The number of nitrogens with zero attached hydrogens (tertiary/aromatic N) is 2. The summed E-state index contributed by atoms with van der Waals surface area (Å²) in [6.07, 6.45) is 1.54. The predicted octanol–water partition coefficient (Wildman–Crippen LogP) is 3.12. The molecule has 0 spiro atoms. The number of methoxy groups -OCH3 is 1. The second-order valence-corrected chi connectivity index (χ2v) is 6.57. The maximum absolute atomic E-state index is 11.9. The Balaban J connectivity index is 1.67. The van der Waals surface area contributed by atoms with Gasteiger partial charge in [-0.25, -0.2) is 4.79 Å². The molecule has 1 aliphatic heterocycles. The zero-order valence-corrected chi connectivity index (χ0v) is 15.5.